The number of hydrogen-bond donors (Lipinski definition) is 0. The van der Waals surface area contributed by atoms with Crippen molar-refractivity contribution in [3.63, 3.8) is 0 Å². The van der Waals surface area contributed by atoms with E-state index in [2.05, 4.69) is 13.0 Å². The minimum Gasteiger partial charge on any atom is -0.311 e. The molecule has 0 aliphatic carbocycles. The number of para-hydroxylation sites is 1. The van der Waals surface area contributed by atoms with E-state index in [1.807, 2.05) is 34.9 Å². The Kier molecular flexibility index (Phi) is 5.20. The Morgan fingerprint density at radius 1 is 1.17 bits per heavy atom. The van der Waals surface area contributed by atoms with Gasteiger partial charge in [-0.3, -0.25) is 4.79 Å². The number of rotatable bonds is 2. The number of amides is 1. The minimum atomic E-state index is 0.0298. The van der Waals surface area contributed by atoms with Crippen LogP contribution in [0.1, 0.15) is 18.9 Å². The van der Waals surface area contributed by atoms with Crippen molar-refractivity contribution < 1.29 is 4.79 Å². The zero-order chi connectivity index (χ0) is 16.4. The Morgan fingerprint density at radius 3 is 2.61 bits per heavy atom. The van der Waals surface area contributed by atoms with Gasteiger partial charge in [-0.1, -0.05) is 48.3 Å². The fourth-order valence-corrected chi connectivity index (χ4v) is 4.34. The molecule has 0 bridgehead atoms. The highest BCUT2D eigenvalue weighted by atomic mass is 35.5. The van der Waals surface area contributed by atoms with E-state index in [4.69, 9.17) is 23.2 Å². The van der Waals surface area contributed by atoms with Crippen molar-refractivity contribution in [3.05, 3.63) is 58.1 Å². The van der Waals surface area contributed by atoms with E-state index < -0.39 is 0 Å². The third-order valence-electron chi connectivity index (χ3n) is 3.93. The first-order chi connectivity index (χ1) is 11.1. The van der Waals surface area contributed by atoms with Crippen LogP contribution in [-0.4, -0.2) is 17.7 Å². The second-order valence-corrected chi connectivity index (χ2v) is 7.90. The fraction of sp³-hybridized carbons (Fsp3) is 0.278. The number of benzene rings is 2. The predicted molar refractivity (Wildman–Crippen MR) is 98.9 cm³/mol. The van der Waals surface area contributed by atoms with E-state index in [0.717, 1.165) is 17.0 Å². The quantitative estimate of drug-likeness (QED) is 0.704. The number of carbonyl (C=O) groups is 1. The molecule has 2 nitrogen and oxygen atoms in total. The van der Waals surface area contributed by atoms with E-state index >= 15 is 0 Å². The number of anilines is 1. The molecule has 5 heteroatoms. The van der Waals surface area contributed by atoms with Gasteiger partial charge in [-0.15, -0.1) is 11.8 Å². The SMILES string of the molecule is CC1CCN(C(=O)Cc2c(Cl)cccc2Cl)c2ccccc2S1. The molecule has 120 valence electrons. The van der Waals surface area contributed by atoms with Crippen LogP contribution in [0.5, 0.6) is 0 Å². The average Bonchev–Trinajstić information content (AvgIpc) is 2.69. The van der Waals surface area contributed by atoms with E-state index in [-0.39, 0.29) is 12.3 Å². The third-order valence-corrected chi connectivity index (χ3v) is 5.88. The normalized spacial score (nSPS) is 17.5. The third kappa shape index (κ3) is 3.68. The average molecular weight is 366 g/mol. The summed E-state index contributed by atoms with van der Waals surface area (Å²) >= 11 is 14.2. The number of thioether (sulfide) groups is 1. The molecule has 0 fully saturated rings. The molecule has 0 saturated carbocycles. The van der Waals surface area contributed by atoms with Gasteiger partial charge in [0, 0.05) is 26.7 Å². The van der Waals surface area contributed by atoms with E-state index in [1.165, 1.54) is 0 Å². The molecule has 0 radical (unpaired) electrons. The van der Waals surface area contributed by atoms with Crippen molar-refractivity contribution in [1.82, 2.24) is 0 Å². The molecule has 1 aliphatic rings. The minimum absolute atomic E-state index is 0.0298. The van der Waals surface area contributed by atoms with Gasteiger partial charge in [-0.25, -0.2) is 0 Å². The van der Waals surface area contributed by atoms with Crippen LogP contribution in [0.3, 0.4) is 0 Å². The van der Waals surface area contributed by atoms with Crippen molar-refractivity contribution in [2.75, 3.05) is 11.4 Å². The highest BCUT2D eigenvalue weighted by molar-refractivity contribution is 8.00. The molecule has 1 atom stereocenters. The van der Waals surface area contributed by atoms with Gasteiger partial charge in [0.2, 0.25) is 5.91 Å². The number of hydrogen-bond acceptors (Lipinski definition) is 2. The molecular weight excluding hydrogens is 349 g/mol. The van der Waals surface area contributed by atoms with E-state index in [1.54, 1.807) is 18.2 Å². The summed E-state index contributed by atoms with van der Waals surface area (Å²) in [5, 5.41) is 1.56. The molecule has 1 amide bonds. The number of fused-ring (bicyclic) bond motifs is 1. The summed E-state index contributed by atoms with van der Waals surface area (Å²) in [4.78, 5) is 15.9. The standard InChI is InChI=1S/C18H17Cl2NOS/c1-12-9-10-21(16-7-2-3-8-17(16)23-12)18(22)11-13-14(19)5-4-6-15(13)20/h2-8,12H,9-11H2,1H3. The summed E-state index contributed by atoms with van der Waals surface area (Å²) in [6.07, 6.45) is 1.17. The van der Waals surface area contributed by atoms with Gasteiger partial charge in [-0.05, 0) is 36.2 Å². The van der Waals surface area contributed by atoms with Crippen LogP contribution >= 0.6 is 35.0 Å². The Morgan fingerprint density at radius 2 is 1.87 bits per heavy atom. The molecule has 0 aromatic heterocycles. The lowest BCUT2D eigenvalue weighted by Gasteiger charge is -2.23. The first-order valence-electron chi connectivity index (χ1n) is 7.55. The van der Waals surface area contributed by atoms with Crippen LogP contribution in [0, 0.1) is 0 Å². The summed E-state index contributed by atoms with van der Waals surface area (Å²) in [6, 6.07) is 13.4. The molecule has 1 aliphatic heterocycles. The summed E-state index contributed by atoms with van der Waals surface area (Å²) in [6.45, 7) is 2.91. The summed E-state index contributed by atoms with van der Waals surface area (Å²) in [5.74, 6) is 0.0298. The van der Waals surface area contributed by atoms with Gasteiger partial charge >= 0.3 is 0 Å². The Hall–Kier alpha value is -1.16. The van der Waals surface area contributed by atoms with Gasteiger partial charge in [0.05, 0.1) is 12.1 Å². The van der Waals surface area contributed by atoms with Crippen LogP contribution in [-0.2, 0) is 11.2 Å². The molecule has 3 rings (SSSR count). The van der Waals surface area contributed by atoms with Gasteiger partial charge in [0.15, 0.2) is 0 Å². The van der Waals surface area contributed by atoms with Gasteiger partial charge in [0.25, 0.3) is 0 Å². The number of halogens is 2. The van der Waals surface area contributed by atoms with Crippen molar-refractivity contribution in [3.8, 4) is 0 Å². The predicted octanol–water partition coefficient (Wildman–Crippen LogP) is 5.45. The molecule has 1 unspecified atom stereocenters. The Bertz CT molecular complexity index is 714. The number of nitrogens with zero attached hydrogens (tertiary/aromatic N) is 1. The molecule has 23 heavy (non-hydrogen) atoms. The highest BCUT2D eigenvalue weighted by Gasteiger charge is 2.25. The zero-order valence-corrected chi connectivity index (χ0v) is 15.1. The lowest BCUT2D eigenvalue weighted by molar-refractivity contribution is -0.118. The first kappa shape index (κ1) is 16.7. The highest BCUT2D eigenvalue weighted by Crippen LogP contribution is 2.37. The van der Waals surface area contributed by atoms with Crippen molar-refractivity contribution in [1.29, 1.82) is 0 Å². The molecule has 2 aromatic carbocycles. The van der Waals surface area contributed by atoms with Crippen LogP contribution in [0.25, 0.3) is 0 Å². The molecule has 0 spiro atoms. The monoisotopic (exact) mass is 365 g/mol. The maximum Gasteiger partial charge on any atom is 0.231 e. The lowest BCUT2D eigenvalue weighted by Crippen LogP contribution is -2.33. The van der Waals surface area contributed by atoms with E-state index in [0.29, 0.717) is 27.4 Å². The largest absolute Gasteiger partial charge is 0.311 e. The summed E-state index contributed by atoms with van der Waals surface area (Å²) < 4.78 is 0. The summed E-state index contributed by atoms with van der Waals surface area (Å²) in [7, 11) is 0. The smallest absolute Gasteiger partial charge is 0.231 e. The van der Waals surface area contributed by atoms with Gasteiger partial charge in [-0.2, -0.15) is 0 Å². The fourth-order valence-electron chi connectivity index (χ4n) is 2.69. The second kappa shape index (κ2) is 7.16. The summed E-state index contributed by atoms with van der Waals surface area (Å²) in [5.41, 5.74) is 1.68. The Balaban J connectivity index is 1.90. The van der Waals surface area contributed by atoms with E-state index in [9.17, 15) is 4.79 Å². The topological polar surface area (TPSA) is 20.3 Å². The van der Waals surface area contributed by atoms with Crippen molar-refractivity contribution >= 4 is 46.6 Å². The number of carbonyl (C=O) groups excluding carboxylic acids is 1. The molecule has 0 N–H and O–H groups in total. The molecule has 1 heterocycles. The second-order valence-electron chi connectivity index (χ2n) is 5.61. The van der Waals surface area contributed by atoms with Crippen LogP contribution < -0.4 is 4.90 Å². The molecule has 2 aromatic rings. The lowest BCUT2D eigenvalue weighted by atomic mass is 10.1. The van der Waals surface area contributed by atoms with Crippen LogP contribution in [0.15, 0.2) is 47.4 Å². The molecular formula is C18H17Cl2NOS. The Labute approximate surface area is 150 Å². The van der Waals surface area contributed by atoms with Crippen LogP contribution in [0.4, 0.5) is 5.69 Å². The van der Waals surface area contributed by atoms with Gasteiger partial charge < -0.3 is 4.90 Å². The van der Waals surface area contributed by atoms with Crippen molar-refractivity contribution in [2.24, 2.45) is 0 Å². The first-order valence-corrected chi connectivity index (χ1v) is 9.19. The maximum absolute atomic E-state index is 12.9. The maximum atomic E-state index is 12.9. The molecule has 0 saturated heterocycles. The zero-order valence-electron chi connectivity index (χ0n) is 12.8. The van der Waals surface area contributed by atoms with Gasteiger partial charge in [0.1, 0.15) is 0 Å². The van der Waals surface area contributed by atoms with Crippen molar-refractivity contribution in [2.45, 2.75) is 29.9 Å². The van der Waals surface area contributed by atoms with Crippen LogP contribution in [0.2, 0.25) is 10.0 Å².